The van der Waals surface area contributed by atoms with E-state index in [1.165, 1.54) is 11.7 Å². The second-order valence-electron chi connectivity index (χ2n) is 4.53. The number of hydrogen-bond acceptors (Lipinski definition) is 6. The van der Waals surface area contributed by atoms with E-state index >= 15 is 0 Å². The van der Waals surface area contributed by atoms with Crippen molar-refractivity contribution < 1.29 is 18.3 Å². The molecule has 0 bridgehead atoms. The van der Waals surface area contributed by atoms with E-state index in [1.54, 1.807) is 25.5 Å². The molecule has 0 aromatic carbocycles. The van der Waals surface area contributed by atoms with Gasteiger partial charge in [-0.25, -0.2) is 17.9 Å². The lowest BCUT2D eigenvalue weighted by Gasteiger charge is -2.14. The van der Waals surface area contributed by atoms with Crippen molar-refractivity contribution in [1.82, 2.24) is 19.5 Å². The molecule has 2 N–H and O–H groups in total. The summed E-state index contributed by atoms with van der Waals surface area (Å²) in [6.45, 7) is 3.17. The maximum absolute atomic E-state index is 12.4. The molecule has 2 rings (SSSR count). The van der Waals surface area contributed by atoms with E-state index in [0.29, 0.717) is 11.4 Å². The first-order valence-electron chi connectivity index (χ1n) is 5.91. The van der Waals surface area contributed by atoms with Crippen LogP contribution in [0.25, 0.3) is 0 Å². The molecule has 0 aliphatic heterocycles. The van der Waals surface area contributed by atoms with Crippen LogP contribution in [0.1, 0.15) is 34.0 Å². The van der Waals surface area contributed by atoms with Crippen LogP contribution in [-0.2, 0) is 17.1 Å². The molecule has 8 nitrogen and oxygen atoms in total. The summed E-state index contributed by atoms with van der Waals surface area (Å²) in [4.78, 5) is 10.7. The van der Waals surface area contributed by atoms with Crippen molar-refractivity contribution in [2.45, 2.75) is 24.8 Å². The van der Waals surface area contributed by atoms with Crippen LogP contribution in [0, 0.1) is 6.92 Å². The van der Waals surface area contributed by atoms with E-state index in [0.717, 1.165) is 11.3 Å². The number of carboxylic acid groups (broad SMARTS) is 1. The van der Waals surface area contributed by atoms with Gasteiger partial charge in [0.25, 0.3) is 0 Å². The summed E-state index contributed by atoms with van der Waals surface area (Å²) in [5.41, 5.74) is 0.398. The summed E-state index contributed by atoms with van der Waals surface area (Å²) in [5, 5.41) is 18.1. The molecule has 0 aliphatic rings. The standard InChI is InChI=1S/C11H14N4O4S2/c1-6-4-20-8(11(16)17)9(6)21(18,19)14-7(2)10-13-12-5-15(10)3/h4-5,7,14H,1-3H3,(H,16,17). The Labute approximate surface area is 125 Å². The average molecular weight is 330 g/mol. The van der Waals surface area contributed by atoms with Crippen LogP contribution in [0.2, 0.25) is 0 Å². The van der Waals surface area contributed by atoms with Gasteiger partial charge in [-0.1, -0.05) is 0 Å². The summed E-state index contributed by atoms with van der Waals surface area (Å²) in [6.07, 6.45) is 1.46. The number of aryl methyl sites for hydroxylation is 2. The highest BCUT2D eigenvalue weighted by Gasteiger charge is 2.29. The van der Waals surface area contributed by atoms with Crippen molar-refractivity contribution >= 4 is 27.3 Å². The quantitative estimate of drug-likeness (QED) is 0.842. The van der Waals surface area contributed by atoms with Gasteiger partial charge in [-0.05, 0) is 24.8 Å². The Morgan fingerprint density at radius 3 is 2.71 bits per heavy atom. The highest BCUT2D eigenvalue weighted by molar-refractivity contribution is 7.89. The third-order valence-electron chi connectivity index (χ3n) is 2.85. The van der Waals surface area contributed by atoms with Gasteiger partial charge < -0.3 is 9.67 Å². The largest absolute Gasteiger partial charge is 0.477 e. The molecule has 0 amide bonds. The fraction of sp³-hybridized carbons (Fsp3) is 0.364. The van der Waals surface area contributed by atoms with Crippen molar-refractivity contribution in [3.63, 3.8) is 0 Å². The van der Waals surface area contributed by atoms with E-state index in [-0.39, 0.29) is 9.77 Å². The molecule has 0 saturated carbocycles. The van der Waals surface area contributed by atoms with Gasteiger partial charge in [0.15, 0.2) is 0 Å². The molecule has 2 aromatic rings. The number of aromatic nitrogens is 3. The van der Waals surface area contributed by atoms with Crippen LogP contribution in [0.3, 0.4) is 0 Å². The third-order valence-corrected chi connectivity index (χ3v) is 5.79. The van der Waals surface area contributed by atoms with Gasteiger partial charge >= 0.3 is 5.97 Å². The minimum atomic E-state index is -3.97. The van der Waals surface area contributed by atoms with E-state index in [2.05, 4.69) is 14.9 Å². The minimum absolute atomic E-state index is 0.200. The van der Waals surface area contributed by atoms with Crippen molar-refractivity contribution in [2.75, 3.05) is 0 Å². The maximum atomic E-state index is 12.4. The molecule has 0 aliphatic carbocycles. The van der Waals surface area contributed by atoms with E-state index in [9.17, 15) is 13.2 Å². The number of rotatable bonds is 5. The first-order chi connectivity index (χ1) is 9.74. The molecular weight excluding hydrogens is 316 g/mol. The fourth-order valence-electron chi connectivity index (χ4n) is 1.94. The first-order valence-corrected chi connectivity index (χ1v) is 8.28. The van der Waals surface area contributed by atoms with Gasteiger partial charge in [0.2, 0.25) is 10.0 Å². The third kappa shape index (κ3) is 2.96. The Hall–Kier alpha value is -1.78. The zero-order valence-electron chi connectivity index (χ0n) is 11.6. The number of carboxylic acids is 1. The summed E-state index contributed by atoms with van der Waals surface area (Å²) >= 11 is 0.887. The summed E-state index contributed by atoms with van der Waals surface area (Å²) in [5.74, 6) is -0.830. The van der Waals surface area contributed by atoms with Gasteiger partial charge in [-0.15, -0.1) is 21.5 Å². The van der Waals surface area contributed by atoms with Crippen molar-refractivity contribution in [3.05, 3.63) is 28.0 Å². The van der Waals surface area contributed by atoms with Crippen molar-refractivity contribution in [3.8, 4) is 0 Å². The first kappa shape index (κ1) is 15.6. The lowest BCUT2D eigenvalue weighted by molar-refractivity contribution is 0.0698. The van der Waals surface area contributed by atoms with Gasteiger partial charge in [0.05, 0.1) is 6.04 Å². The van der Waals surface area contributed by atoms with Gasteiger partial charge in [-0.3, -0.25) is 0 Å². The summed E-state index contributed by atoms with van der Waals surface area (Å²) < 4.78 is 28.9. The second-order valence-corrected chi connectivity index (χ2v) is 7.06. The monoisotopic (exact) mass is 330 g/mol. The van der Waals surface area contributed by atoms with Crippen molar-refractivity contribution in [1.29, 1.82) is 0 Å². The highest BCUT2D eigenvalue weighted by Crippen LogP contribution is 2.27. The summed E-state index contributed by atoms with van der Waals surface area (Å²) in [7, 11) is -2.27. The molecule has 1 atom stereocenters. The van der Waals surface area contributed by atoms with Gasteiger partial charge in [-0.2, -0.15) is 0 Å². The number of nitrogens with one attached hydrogen (secondary N) is 1. The average Bonchev–Trinajstić information content (AvgIpc) is 2.94. The van der Waals surface area contributed by atoms with E-state index in [4.69, 9.17) is 5.11 Å². The molecule has 0 radical (unpaired) electrons. The number of sulfonamides is 1. The van der Waals surface area contributed by atoms with Crippen LogP contribution in [0.15, 0.2) is 16.6 Å². The van der Waals surface area contributed by atoms with Gasteiger partial charge in [0.1, 0.15) is 21.9 Å². The topological polar surface area (TPSA) is 114 Å². The smallest absolute Gasteiger partial charge is 0.347 e. The lowest BCUT2D eigenvalue weighted by atomic mass is 10.3. The molecule has 2 aromatic heterocycles. The lowest BCUT2D eigenvalue weighted by Crippen LogP contribution is -2.29. The SMILES string of the molecule is Cc1csc(C(=O)O)c1S(=O)(=O)NC(C)c1nncn1C. The molecule has 0 fully saturated rings. The predicted octanol–water partition coefficient (Wildman–Crippen LogP) is 0.923. The number of carbonyl (C=O) groups is 1. The molecular formula is C11H14N4O4S2. The Morgan fingerprint density at radius 1 is 1.52 bits per heavy atom. The molecule has 10 heteroatoms. The zero-order chi connectivity index (χ0) is 15.8. The summed E-state index contributed by atoms with van der Waals surface area (Å²) in [6, 6.07) is -0.636. The molecule has 1 unspecified atom stereocenters. The van der Waals surface area contributed by atoms with Crippen LogP contribution in [0.4, 0.5) is 0 Å². The molecule has 0 saturated heterocycles. The molecule has 2 heterocycles. The number of hydrogen-bond donors (Lipinski definition) is 2. The molecule has 0 spiro atoms. The van der Waals surface area contributed by atoms with Crippen LogP contribution in [-0.4, -0.2) is 34.3 Å². The second kappa shape index (κ2) is 5.54. The fourth-order valence-corrected chi connectivity index (χ4v) is 4.78. The number of nitrogens with zero attached hydrogens (tertiary/aromatic N) is 3. The predicted molar refractivity (Wildman–Crippen MR) is 75.8 cm³/mol. The van der Waals surface area contributed by atoms with Crippen LogP contribution < -0.4 is 4.72 Å². The minimum Gasteiger partial charge on any atom is -0.477 e. The van der Waals surface area contributed by atoms with Gasteiger partial charge in [0, 0.05) is 7.05 Å². The number of thiophene rings is 1. The van der Waals surface area contributed by atoms with Crippen LogP contribution >= 0.6 is 11.3 Å². The number of aromatic carboxylic acids is 1. The van der Waals surface area contributed by atoms with Crippen LogP contribution in [0.5, 0.6) is 0 Å². The van der Waals surface area contributed by atoms with E-state index in [1.807, 2.05) is 0 Å². The Morgan fingerprint density at radius 2 is 2.19 bits per heavy atom. The normalized spacial score (nSPS) is 13.3. The molecule has 21 heavy (non-hydrogen) atoms. The Balaban J connectivity index is 2.38. The van der Waals surface area contributed by atoms with Crippen molar-refractivity contribution in [2.24, 2.45) is 7.05 Å². The Kier molecular flexibility index (Phi) is 4.12. The highest BCUT2D eigenvalue weighted by atomic mass is 32.2. The molecule has 114 valence electrons. The Bertz CT molecular complexity index is 778. The maximum Gasteiger partial charge on any atom is 0.347 e. The van der Waals surface area contributed by atoms with E-state index < -0.39 is 22.0 Å². The zero-order valence-corrected chi connectivity index (χ0v) is 13.2.